The number of benzene rings is 1. The molecular weight excluding hydrogens is 254 g/mol. The molecule has 0 radical (unpaired) electrons. The highest BCUT2D eigenvalue weighted by molar-refractivity contribution is 9.10. The maximum Gasteiger partial charge on any atom is 0.241 e. The van der Waals surface area contributed by atoms with Crippen molar-refractivity contribution in [2.75, 3.05) is 0 Å². The molecule has 0 fully saturated rings. The summed E-state index contributed by atoms with van der Waals surface area (Å²) < 4.78 is 25.1. The molecule has 1 unspecified atom stereocenters. The fourth-order valence-electron chi connectivity index (χ4n) is 1.23. The molecule has 78 valence electrons. The van der Waals surface area contributed by atoms with Gasteiger partial charge in [0.1, 0.15) is 0 Å². The highest BCUT2D eigenvalue weighted by Crippen LogP contribution is 2.28. The van der Waals surface area contributed by atoms with Gasteiger partial charge in [0, 0.05) is 10.9 Å². The lowest BCUT2D eigenvalue weighted by molar-refractivity contribution is -0.0124. The van der Waals surface area contributed by atoms with Crippen molar-refractivity contribution in [2.24, 2.45) is 0 Å². The average Bonchev–Trinajstić information content (AvgIpc) is 2.02. The third kappa shape index (κ3) is 3.03. The normalized spacial score (nSPS) is 15.6. The minimum absolute atomic E-state index is 0.501. The molecule has 14 heavy (non-hydrogen) atoms. The highest BCUT2D eigenvalue weighted by atomic mass is 79.9. The van der Waals surface area contributed by atoms with Crippen LogP contribution in [0.1, 0.15) is 18.9 Å². The predicted molar refractivity (Wildman–Crippen MR) is 54.3 cm³/mol. The summed E-state index contributed by atoms with van der Waals surface area (Å²) in [5.41, 5.74) is -0.962. The van der Waals surface area contributed by atoms with Crippen molar-refractivity contribution >= 4 is 15.9 Å². The van der Waals surface area contributed by atoms with E-state index in [1.54, 1.807) is 24.3 Å². The first-order valence-electron chi connectivity index (χ1n) is 4.18. The molecule has 0 bridgehead atoms. The Morgan fingerprint density at radius 3 is 2.29 bits per heavy atom. The van der Waals surface area contributed by atoms with Gasteiger partial charge >= 0.3 is 0 Å². The zero-order chi connectivity index (χ0) is 10.8. The van der Waals surface area contributed by atoms with Gasteiger partial charge in [-0.3, -0.25) is 0 Å². The van der Waals surface area contributed by atoms with E-state index in [1.165, 1.54) is 6.92 Å². The SMILES string of the molecule is CC(O)(CC(F)F)c1ccc(Br)cc1. The van der Waals surface area contributed by atoms with Crippen LogP contribution in [0.15, 0.2) is 28.7 Å². The molecule has 0 aliphatic rings. The van der Waals surface area contributed by atoms with Gasteiger partial charge in [-0.25, -0.2) is 8.78 Å². The Hall–Kier alpha value is -0.480. The van der Waals surface area contributed by atoms with E-state index in [1.807, 2.05) is 0 Å². The summed E-state index contributed by atoms with van der Waals surface area (Å²) in [5, 5.41) is 9.75. The smallest absolute Gasteiger partial charge is 0.241 e. The second kappa shape index (κ2) is 4.36. The van der Waals surface area contributed by atoms with Gasteiger partial charge in [-0.15, -0.1) is 0 Å². The van der Waals surface area contributed by atoms with Crippen LogP contribution in [0.3, 0.4) is 0 Å². The van der Waals surface area contributed by atoms with Gasteiger partial charge in [0.15, 0.2) is 0 Å². The molecule has 1 aromatic rings. The predicted octanol–water partition coefficient (Wildman–Crippen LogP) is 3.31. The third-order valence-corrected chi connectivity index (χ3v) is 2.55. The molecule has 0 saturated carbocycles. The van der Waals surface area contributed by atoms with Crippen LogP contribution in [0.25, 0.3) is 0 Å². The molecule has 0 heterocycles. The Bertz CT molecular complexity index is 295. The van der Waals surface area contributed by atoms with Crippen LogP contribution in [0.2, 0.25) is 0 Å². The Labute approximate surface area is 89.9 Å². The summed E-state index contributed by atoms with van der Waals surface area (Å²) in [5.74, 6) is 0. The van der Waals surface area contributed by atoms with E-state index < -0.39 is 18.4 Å². The molecule has 0 aromatic heterocycles. The molecule has 1 atom stereocenters. The average molecular weight is 265 g/mol. The summed E-state index contributed by atoms with van der Waals surface area (Å²) in [6.45, 7) is 1.39. The van der Waals surface area contributed by atoms with Gasteiger partial charge in [0.05, 0.1) is 5.60 Å². The lowest BCUT2D eigenvalue weighted by Crippen LogP contribution is -2.24. The zero-order valence-corrected chi connectivity index (χ0v) is 9.26. The van der Waals surface area contributed by atoms with Crippen molar-refractivity contribution in [2.45, 2.75) is 25.4 Å². The van der Waals surface area contributed by atoms with Crippen LogP contribution in [-0.4, -0.2) is 11.5 Å². The molecule has 0 aliphatic carbocycles. The van der Waals surface area contributed by atoms with E-state index in [0.29, 0.717) is 5.56 Å². The number of rotatable bonds is 3. The van der Waals surface area contributed by atoms with Crippen molar-refractivity contribution in [3.63, 3.8) is 0 Å². The first kappa shape index (κ1) is 11.6. The molecule has 0 aliphatic heterocycles. The molecule has 4 heteroatoms. The Morgan fingerprint density at radius 2 is 1.86 bits per heavy atom. The van der Waals surface area contributed by atoms with Crippen molar-refractivity contribution in [1.82, 2.24) is 0 Å². The highest BCUT2D eigenvalue weighted by Gasteiger charge is 2.27. The fourth-order valence-corrected chi connectivity index (χ4v) is 1.49. The third-order valence-electron chi connectivity index (χ3n) is 2.02. The minimum Gasteiger partial charge on any atom is -0.385 e. The van der Waals surface area contributed by atoms with Gasteiger partial charge in [0.25, 0.3) is 0 Å². The van der Waals surface area contributed by atoms with E-state index in [2.05, 4.69) is 15.9 Å². The minimum atomic E-state index is -2.51. The van der Waals surface area contributed by atoms with Crippen molar-refractivity contribution < 1.29 is 13.9 Å². The zero-order valence-electron chi connectivity index (χ0n) is 7.67. The first-order valence-corrected chi connectivity index (χ1v) is 4.98. The van der Waals surface area contributed by atoms with E-state index in [0.717, 1.165) is 4.47 Å². The largest absolute Gasteiger partial charge is 0.385 e. The molecule has 1 N–H and O–H groups in total. The van der Waals surface area contributed by atoms with Crippen LogP contribution in [-0.2, 0) is 5.60 Å². The van der Waals surface area contributed by atoms with E-state index in [-0.39, 0.29) is 0 Å². The summed E-state index contributed by atoms with van der Waals surface area (Å²) in [6.07, 6.45) is -3.05. The molecule has 1 rings (SSSR count). The standard InChI is InChI=1S/C10H11BrF2O/c1-10(14,6-9(12)13)7-2-4-8(11)5-3-7/h2-5,9,14H,6H2,1H3. The van der Waals surface area contributed by atoms with Crippen LogP contribution in [0, 0.1) is 0 Å². The molecule has 1 nitrogen and oxygen atoms in total. The van der Waals surface area contributed by atoms with E-state index in [9.17, 15) is 13.9 Å². The number of alkyl halides is 2. The van der Waals surface area contributed by atoms with Crippen molar-refractivity contribution in [3.8, 4) is 0 Å². The monoisotopic (exact) mass is 264 g/mol. The van der Waals surface area contributed by atoms with Crippen molar-refractivity contribution in [3.05, 3.63) is 34.3 Å². The molecular formula is C10H11BrF2O. The second-order valence-corrected chi connectivity index (χ2v) is 4.29. The second-order valence-electron chi connectivity index (χ2n) is 3.38. The Kier molecular flexibility index (Phi) is 3.61. The summed E-state index contributed by atoms with van der Waals surface area (Å²) in [4.78, 5) is 0. The number of halogens is 3. The summed E-state index contributed by atoms with van der Waals surface area (Å²) in [6, 6.07) is 6.70. The lowest BCUT2D eigenvalue weighted by Gasteiger charge is -2.23. The van der Waals surface area contributed by atoms with E-state index >= 15 is 0 Å². The Balaban J connectivity index is 2.86. The van der Waals surface area contributed by atoms with Gasteiger partial charge < -0.3 is 5.11 Å². The van der Waals surface area contributed by atoms with E-state index in [4.69, 9.17) is 0 Å². The number of aliphatic hydroxyl groups is 1. The summed E-state index contributed by atoms with van der Waals surface area (Å²) >= 11 is 3.23. The maximum atomic E-state index is 12.1. The molecule has 1 aromatic carbocycles. The maximum absolute atomic E-state index is 12.1. The number of hydrogen-bond donors (Lipinski definition) is 1. The lowest BCUT2D eigenvalue weighted by atomic mass is 9.93. The van der Waals surface area contributed by atoms with Gasteiger partial charge in [-0.05, 0) is 24.6 Å². The topological polar surface area (TPSA) is 20.2 Å². The first-order chi connectivity index (χ1) is 6.42. The quantitative estimate of drug-likeness (QED) is 0.888. The molecule has 0 saturated heterocycles. The Morgan fingerprint density at radius 1 is 1.36 bits per heavy atom. The fraction of sp³-hybridized carbons (Fsp3) is 0.400. The summed E-state index contributed by atoms with van der Waals surface area (Å²) in [7, 11) is 0. The molecule has 0 amide bonds. The van der Waals surface area contributed by atoms with Gasteiger partial charge in [0.2, 0.25) is 6.43 Å². The molecule has 0 spiro atoms. The van der Waals surface area contributed by atoms with Gasteiger partial charge in [-0.2, -0.15) is 0 Å². The van der Waals surface area contributed by atoms with Crippen LogP contribution < -0.4 is 0 Å². The van der Waals surface area contributed by atoms with Crippen LogP contribution in [0.4, 0.5) is 8.78 Å². The van der Waals surface area contributed by atoms with Gasteiger partial charge in [-0.1, -0.05) is 28.1 Å². The number of hydrogen-bond acceptors (Lipinski definition) is 1. The van der Waals surface area contributed by atoms with Crippen molar-refractivity contribution in [1.29, 1.82) is 0 Å². The van der Waals surface area contributed by atoms with Crippen LogP contribution >= 0.6 is 15.9 Å². The van der Waals surface area contributed by atoms with Crippen LogP contribution in [0.5, 0.6) is 0 Å².